The minimum Gasteiger partial charge on any atom is -0.403 e. The van der Waals surface area contributed by atoms with Crippen molar-refractivity contribution >= 4 is 23.7 Å². The number of carbonyl (C=O) groups excluding carboxylic acids is 1. The van der Waals surface area contributed by atoms with Crippen LogP contribution in [0, 0.1) is 6.92 Å². The van der Waals surface area contributed by atoms with Crippen molar-refractivity contribution in [3.05, 3.63) is 28.8 Å². The van der Waals surface area contributed by atoms with E-state index in [1.807, 2.05) is 40.7 Å². The Hall–Kier alpha value is -0.975. The number of carbonyl (C=O) groups is 1. The Kier molecular flexibility index (Phi) is 5.43. The molecule has 1 aromatic carbocycles. The summed E-state index contributed by atoms with van der Waals surface area (Å²) < 4.78 is 23.9. The van der Waals surface area contributed by atoms with Gasteiger partial charge in [-0.25, -0.2) is 0 Å². The molecule has 4 nitrogen and oxygen atoms in total. The van der Waals surface area contributed by atoms with Crippen LogP contribution in [0.2, 0.25) is 6.32 Å². The number of hydrogen-bond acceptors (Lipinski definition) is 4. The summed E-state index contributed by atoms with van der Waals surface area (Å²) in [6, 6.07) is 3.77. The topological polar surface area (TPSA) is 52.6 Å². The largest absolute Gasteiger partial charge is 0.458 e. The second-order valence-electron chi connectivity index (χ2n) is 7.46. The van der Waals surface area contributed by atoms with Crippen LogP contribution in [0.3, 0.4) is 0 Å². The molecule has 0 radical (unpaired) electrons. The lowest BCUT2D eigenvalue weighted by molar-refractivity contribution is 0.00578. The van der Waals surface area contributed by atoms with E-state index in [2.05, 4.69) is 0 Å². The maximum Gasteiger partial charge on any atom is 0.458 e. The molecule has 1 aromatic rings. The van der Waals surface area contributed by atoms with Gasteiger partial charge in [0, 0.05) is 16.7 Å². The first-order valence-electron chi connectivity index (χ1n) is 8.29. The van der Waals surface area contributed by atoms with Gasteiger partial charge in [0.25, 0.3) is 0 Å². The summed E-state index contributed by atoms with van der Waals surface area (Å²) in [7, 11) is -1.43. The molecule has 1 atom stereocenters. The molecule has 0 bridgehead atoms. The molecule has 2 rings (SSSR count). The number of rotatable bonds is 5. The lowest BCUT2D eigenvalue weighted by Gasteiger charge is -2.32. The highest BCUT2D eigenvalue weighted by Gasteiger charge is 2.50. The van der Waals surface area contributed by atoms with Crippen LogP contribution in [-0.4, -0.2) is 34.6 Å². The number of aryl methyl sites for hydroxylation is 1. The van der Waals surface area contributed by atoms with Gasteiger partial charge >= 0.3 is 7.12 Å². The maximum absolute atomic E-state index is 12.0. The van der Waals surface area contributed by atoms with Crippen LogP contribution < -0.4 is 0 Å². The van der Waals surface area contributed by atoms with Crippen molar-refractivity contribution in [1.29, 1.82) is 0 Å². The summed E-state index contributed by atoms with van der Waals surface area (Å²) in [4.78, 5) is 12.6. The van der Waals surface area contributed by atoms with E-state index in [1.54, 1.807) is 12.3 Å². The molecule has 6 heteroatoms. The Balaban J connectivity index is 2.19. The predicted octanol–water partition coefficient (Wildman–Crippen LogP) is 3.57. The summed E-state index contributed by atoms with van der Waals surface area (Å²) in [5.41, 5.74) is 1.90. The van der Waals surface area contributed by atoms with E-state index in [9.17, 15) is 9.00 Å². The van der Waals surface area contributed by atoms with Gasteiger partial charge in [0.05, 0.1) is 22.0 Å². The molecular formula is C18H27BO4S. The van der Waals surface area contributed by atoms with Gasteiger partial charge in [-0.15, -0.1) is 0 Å². The van der Waals surface area contributed by atoms with Gasteiger partial charge in [-0.05, 0) is 71.5 Å². The van der Waals surface area contributed by atoms with Gasteiger partial charge < -0.3 is 9.31 Å². The standard InChI is InChI=1S/C18H27BO4S/c1-12-14(8-9-15(24(7)21)16(12)13(2)20)10-11-19-22-17(3,4)18(5,6)23-19/h8-9H,10-11H2,1-7H3. The SMILES string of the molecule is CC(=O)c1c(S(C)=O)ccc(CCB2OC(C)(C)C(C)(C)O2)c1C. The highest BCUT2D eigenvalue weighted by molar-refractivity contribution is 7.84. The molecule has 1 aliphatic rings. The molecule has 1 saturated heterocycles. The quantitative estimate of drug-likeness (QED) is 0.602. The first-order chi connectivity index (χ1) is 11.0. The maximum atomic E-state index is 12.0. The summed E-state index contributed by atoms with van der Waals surface area (Å²) >= 11 is 0. The lowest BCUT2D eigenvalue weighted by atomic mass is 9.80. The van der Waals surface area contributed by atoms with Crippen molar-refractivity contribution in [2.24, 2.45) is 0 Å². The van der Waals surface area contributed by atoms with Crippen molar-refractivity contribution in [3.8, 4) is 0 Å². The Morgan fingerprint density at radius 3 is 2.17 bits per heavy atom. The zero-order chi connectivity index (χ0) is 18.3. The molecule has 1 unspecified atom stereocenters. The fourth-order valence-corrected chi connectivity index (χ4v) is 3.88. The minimum atomic E-state index is -1.18. The zero-order valence-corrected chi connectivity index (χ0v) is 16.5. The fourth-order valence-electron chi connectivity index (χ4n) is 3.03. The van der Waals surface area contributed by atoms with Gasteiger partial charge in [-0.3, -0.25) is 9.00 Å². The van der Waals surface area contributed by atoms with Crippen molar-refractivity contribution in [2.45, 2.75) is 70.4 Å². The first-order valence-corrected chi connectivity index (χ1v) is 9.84. The molecule has 0 amide bonds. The zero-order valence-electron chi connectivity index (χ0n) is 15.7. The van der Waals surface area contributed by atoms with E-state index in [1.165, 1.54) is 6.92 Å². The highest BCUT2D eigenvalue weighted by Crippen LogP contribution is 2.38. The highest BCUT2D eigenvalue weighted by atomic mass is 32.2. The van der Waals surface area contributed by atoms with Crippen molar-refractivity contribution in [2.75, 3.05) is 6.26 Å². The number of Topliss-reactive ketones (excluding diaryl/α,β-unsaturated/α-hetero) is 1. The predicted molar refractivity (Wildman–Crippen MR) is 98.1 cm³/mol. The molecule has 0 aromatic heterocycles. The normalized spacial score (nSPS) is 20.2. The Labute approximate surface area is 147 Å². The monoisotopic (exact) mass is 350 g/mol. The Morgan fingerprint density at radius 2 is 1.71 bits per heavy atom. The van der Waals surface area contributed by atoms with Crippen LogP contribution in [0.4, 0.5) is 0 Å². The number of hydrogen-bond donors (Lipinski definition) is 0. The van der Waals surface area contributed by atoms with E-state index in [-0.39, 0.29) is 24.1 Å². The van der Waals surface area contributed by atoms with Crippen molar-refractivity contribution in [1.82, 2.24) is 0 Å². The van der Waals surface area contributed by atoms with Gasteiger partial charge in [-0.2, -0.15) is 0 Å². The molecule has 0 aliphatic carbocycles. The van der Waals surface area contributed by atoms with Crippen LogP contribution in [-0.2, 0) is 26.5 Å². The number of benzene rings is 1. The third-order valence-corrected chi connectivity index (χ3v) is 6.11. The molecule has 1 aliphatic heterocycles. The van der Waals surface area contributed by atoms with Crippen molar-refractivity contribution < 1.29 is 18.3 Å². The lowest BCUT2D eigenvalue weighted by Crippen LogP contribution is -2.41. The third kappa shape index (κ3) is 3.66. The summed E-state index contributed by atoms with van der Waals surface area (Å²) in [5.74, 6) is -0.0461. The van der Waals surface area contributed by atoms with Crippen LogP contribution in [0.1, 0.15) is 56.1 Å². The summed E-state index contributed by atoms with van der Waals surface area (Å²) in [6.07, 6.45) is 3.07. The minimum absolute atomic E-state index is 0.0461. The molecule has 0 N–H and O–H groups in total. The Morgan fingerprint density at radius 1 is 1.17 bits per heavy atom. The average Bonchev–Trinajstić information content (AvgIpc) is 2.64. The van der Waals surface area contributed by atoms with Gasteiger partial charge in [-0.1, -0.05) is 6.07 Å². The van der Waals surface area contributed by atoms with Crippen molar-refractivity contribution in [3.63, 3.8) is 0 Å². The Bertz CT molecular complexity index is 666. The fraction of sp³-hybridized carbons (Fsp3) is 0.611. The van der Waals surface area contributed by atoms with Crippen LogP contribution in [0.25, 0.3) is 0 Å². The molecular weight excluding hydrogens is 323 g/mol. The van der Waals surface area contributed by atoms with E-state index < -0.39 is 10.8 Å². The van der Waals surface area contributed by atoms with E-state index in [4.69, 9.17) is 9.31 Å². The van der Waals surface area contributed by atoms with Crippen LogP contribution in [0.15, 0.2) is 17.0 Å². The second kappa shape index (κ2) is 6.73. The van der Waals surface area contributed by atoms with E-state index in [0.717, 1.165) is 23.9 Å². The van der Waals surface area contributed by atoms with Crippen LogP contribution >= 0.6 is 0 Å². The van der Waals surface area contributed by atoms with Gasteiger partial charge in [0.15, 0.2) is 5.78 Å². The van der Waals surface area contributed by atoms with Gasteiger partial charge in [0.1, 0.15) is 0 Å². The molecule has 132 valence electrons. The molecule has 24 heavy (non-hydrogen) atoms. The third-order valence-electron chi connectivity index (χ3n) is 5.15. The summed E-state index contributed by atoms with van der Waals surface area (Å²) in [6.45, 7) is 11.6. The smallest absolute Gasteiger partial charge is 0.403 e. The van der Waals surface area contributed by atoms with Crippen LogP contribution in [0.5, 0.6) is 0 Å². The molecule has 0 saturated carbocycles. The van der Waals surface area contributed by atoms with E-state index >= 15 is 0 Å². The van der Waals surface area contributed by atoms with E-state index in [0.29, 0.717) is 10.5 Å². The molecule has 0 spiro atoms. The number of ketones is 1. The molecule has 1 heterocycles. The first kappa shape index (κ1) is 19.4. The second-order valence-corrected chi connectivity index (χ2v) is 8.81. The van der Waals surface area contributed by atoms with Gasteiger partial charge in [0.2, 0.25) is 0 Å². The average molecular weight is 350 g/mol. The summed E-state index contributed by atoms with van der Waals surface area (Å²) in [5, 5.41) is 0. The molecule has 1 fully saturated rings.